The maximum atomic E-state index is 14.0. The number of halogens is 1. The van der Waals surface area contributed by atoms with Crippen molar-refractivity contribution in [3.63, 3.8) is 0 Å². The Kier molecular flexibility index (Phi) is 4.99. The molecule has 0 aliphatic carbocycles. The van der Waals surface area contributed by atoms with E-state index in [1.54, 1.807) is 12.1 Å². The summed E-state index contributed by atoms with van der Waals surface area (Å²) < 4.78 is 14.0. The van der Waals surface area contributed by atoms with Crippen molar-refractivity contribution < 1.29 is 9.18 Å². The molecule has 2 aliphatic rings. The van der Waals surface area contributed by atoms with E-state index in [-0.39, 0.29) is 23.2 Å². The molecule has 4 nitrogen and oxygen atoms in total. The highest BCUT2D eigenvalue weighted by Gasteiger charge is 2.48. The van der Waals surface area contributed by atoms with E-state index in [0.29, 0.717) is 6.42 Å². The lowest BCUT2D eigenvalue weighted by atomic mass is 9.79. The van der Waals surface area contributed by atoms with Crippen molar-refractivity contribution in [3.05, 3.63) is 77.7 Å². The first-order valence-corrected chi connectivity index (χ1v) is 10.7. The molecule has 3 heterocycles. The van der Waals surface area contributed by atoms with Crippen LogP contribution in [0, 0.1) is 5.82 Å². The number of likely N-dealkylation sites (tertiary alicyclic amines) is 1. The van der Waals surface area contributed by atoms with Crippen LogP contribution in [-0.2, 0) is 11.3 Å². The van der Waals surface area contributed by atoms with Gasteiger partial charge in [0.1, 0.15) is 5.82 Å². The van der Waals surface area contributed by atoms with Gasteiger partial charge in [-0.3, -0.25) is 14.7 Å². The number of nitrogens with zero attached hydrogens (tertiary/aromatic N) is 2. The molecule has 0 bridgehead atoms. The fourth-order valence-corrected chi connectivity index (χ4v) is 5.32. The number of amides is 1. The molecule has 2 atom stereocenters. The lowest BCUT2D eigenvalue weighted by molar-refractivity contribution is -0.122. The van der Waals surface area contributed by atoms with Gasteiger partial charge in [-0.1, -0.05) is 36.8 Å². The Morgan fingerprint density at radius 1 is 1.13 bits per heavy atom. The molecule has 0 unspecified atom stereocenters. The highest BCUT2D eigenvalue weighted by atomic mass is 19.1. The number of rotatable bonds is 3. The smallest absolute Gasteiger partial charge is 0.220 e. The van der Waals surface area contributed by atoms with Crippen molar-refractivity contribution in [2.24, 2.45) is 0 Å². The van der Waals surface area contributed by atoms with Gasteiger partial charge in [-0.15, -0.1) is 0 Å². The molecule has 2 aliphatic heterocycles. The molecule has 1 aromatic heterocycles. The second kappa shape index (κ2) is 7.80. The Balaban J connectivity index is 1.49. The topological polar surface area (TPSA) is 45.2 Å². The number of aromatic nitrogens is 1. The normalized spacial score (nSPS) is 24.8. The van der Waals surface area contributed by atoms with E-state index in [1.165, 1.54) is 11.6 Å². The summed E-state index contributed by atoms with van der Waals surface area (Å²) >= 11 is 0. The number of para-hydroxylation sites is 1. The van der Waals surface area contributed by atoms with Crippen molar-refractivity contribution in [3.8, 4) is 0 Å². The van der Waals surface area contributed by atoms with Crippen molar-refractivity contribution in [1.82, 2.24) is 15.2 Å². The molecular weight excluding hydrogens is 377 g/mol. The molecule has 0 saturated carbocycles. The molecule has 5 rings (SSSR count). The standard InChI is InChI=1S/C25H26FN3O/c26-20-7-5-6-18(14-20)22-16-29(17-25(22)12-4-3-10-24(30)28-25)15-19-11-13-27-23-9-2-1-8-21(19)23/h1-2,5-9,11,13-14,22H,3-4,10,12,15-17H2,(H,28,30)/t22-,25+/m0/s1. The minimum absolute atomic E-state index is 0.0725. The van der Waals surface area contributed by atoms with E-state index in [1.807, 2.05) is 30.5 Å². The minimum atomic E-state index is -0.343. The second-order valence-electron chi connectivity index (χ2n) is 8.68. The van der Waals surface area contributed by atoms with Gasteiger partial charge in [-0.25, -0.2) is 4.39 Å². The number of hydrogen-bond donors (Lipinski definition) is 1. The van der Waals surface area contributed by atoms with Gasteiger partial charge >= 0.3 is 0 Å². The predicted octanol–water partition coefficient (Wildman–Crippen LogP) is 4.40. The molecule has 3 aromatic rings. The van der Waals surface area contributed by atoms with Crippen LogP contribution < -0.4 is 5.32 Å². The van der Waals surface area contributed by atoms with Gasteiger partial charge in [0.05, 0.1) is 11.1 Å². The third kappa shape index (κ3) is 3.58. The number of benzene rings is 2. The van der Waals surface area contributed by atoms with Crippen LogP contribution in [0.15, 0.2) is 60.8 Å². The first-order valence-electron chi connectivity index (χ1n) is 10.7. The molecule has 2 aromatic carbocycles. The summed E-state index contributed by atoms with van der Waals surface area (Å²) in [6.07, 6.45) is 5.29. The van der Waals surface area contributed by atoms with Crippen LogP contribution in [0.1, 0.15) is 42.7 Å². The SMILES string of the molecule is O=C1CCCC[C@]2(CN(Cc3ccnc4ccccc34)C[C@H]2c2cccc(F)c2)N1. The summed E-state index contributed by atoms with van der Waals surface area (Å²) in [6.45, 7) is 2.35. The lowest BCUT2D eigenvalue weighted by Gasteiger charge is -2.35. The Morgan fingerprint density at radius 2 is 2.03 bits per heavy atom. The van der Waals surface area contributed by atoms with Crippen LogP contribution in [-0.4, -0.2) is 34.4 Å². The van der Waals surface area contributed by atoms with Gasteiger partial charge in [-0.2, -0.15) is 0 Å². The summed E-state index contributed by atoms with van der Waals surface area (Å²) in [5, 5.41) is 4.52. The van der Waals surface area contributed by atoms with Crippen LogP contribution in [0.5, 0.6) is 0 Å². The first kappa shape index (κ1) is 19.2. The van der Waals surface area contributed by atoms with Gasteiger partial charge in [-0.05, 0) is 48.2 Å². The number of hydrogen-bond acceptors (Lipinski definition) is 3. The zero-order chi connectivity index (χ0) is 20.6. The fraction of sp³-hybridized carbons (Fsp3) is 0.360. The van der Waals surface area contributed by atoms with E-state index in [0.717, 1.165) is 55.4 Å². The zero-order valence-corrected chi connectivity index (χ0v) is 17.0. The Labute approximate surface area is 176 Å². The maximum absolute atomic E-state index is 14.0. The van der Waals surface area contributed by atoms with E-state index in [4.69, 9.17) is 0 Å². The number of nitrogens with one attached hydrogen (secondary N) is 1. The summed E-state index contributed by atoms with van der Waals surface area (Å²) in [5.74, 6) is -0.0327. The largest absolute Gasteiger partial charge is 0.349 e. The van der Waals surface area contributed by atoms with Crippen LogP contribution in [0.3, 0.4) is 0 Å². The van der Waals surface area contributed by atoms with Crippen molar-refractivity contribution in [2.45, 2.75) is 43.7 Å². The van der Waals surface area contributed by atoms with Crippen LogP contribution in [0.2, 0.25) is 0 Å². The van der Waals surface area contributed by atoms with Crippen molar-refractivity contribution >= 4 is 16.8 Å². The van der Waals surface area contributed by atoms with Crippen LogP contribution in [0.4, 0.5) is 4.39 Å². The van der Waals surface area contributed by atoms with Gasteiger partial charge in [0.2, 0.25) is 5.91 Å². The van der Waals surface area contributed by atoms with E-state index < -0.39 is 0 Å². The molecule has 1 amide bonds. The Bertz CT molecular complexity index is 1080. The highest BCUT2D eigenvalue weighted by Crippen LogP contribution is 2.41. The number of carbonyl (C=O) groups excluding carboxylic acids is 1. The molecule has 2 fully saturated rings. The quantitative estimate of drug-likeness (QED) is 0.705. The van der Waals surface area contributed by atoms with E-state index >= 15 is 0 Å². The molecule has 30 heavy (non-hydrogen) atoms. The van der Waals surface area contributed by atoms with Crippen molar-refractivity contribution in [2.75, 3.05) is 13.1 Å². The Hall–Kier alpha value is -2.79. The predicted molar refractivity (Wildman–Crippen MR) is 116 cm³/mol. The molecule has 1 spiro atoms. The van der Waals surface area contributed by atoms with Crippen LogP contribution >= 0.6 is 0 Å². The zero-order valence-electron chi connectivity index (χ0n) is 17.0. The molecule has 154 valence electrons. The molecule has 2 saturated heterocycles. The maximum Gasteiger partial charge on any atom is 0.220 e. The molecule has 1 N–H and O–H groups in total. The fourth-order valence-electron chi connectivity index (χ4n) is 5.32. The van der Waals surface area contributed by atoms with Gasteiger partial charge in [0, 0.05) is 43.6 Å². The van der Waals surface area contributed by atoms with Gasteiger partial charge in [0.15, 0.2) is 0 Å². The molecule has 0 radical (unpaired) electrons. The van der Waals surface area contributed by atoms with Gasteiger partial charge < -0.3 is 5.32 Å². The second-order valence-corrected chi connectivity index (χ2v) is 8.68. The Morgan fingerprint density at radius 3 is 2.93 bits per heavy atom. The van der Waals surface area contributed by atoms with Crippen LogP contribution in [0.25, 0.3) is 10.9 Å². The number of fused-ring (bicyclic) bond motifs is 1. The highest BCUT2D eigenvalue weighted by molar-refractivity contribution is 5.81. The number of carbonyl (C=O) groups is 1. The number of pyridine rings is 1. The lowest BCUT2D eigenvalue weighted by Crippen LogP contribution is -2.52. The summed E-state index contributed by atoms with van der Waals surface area (Å²) in [6, 6.07) is 17.2. The van der Waals surface area contributed by atoms with Crippen molar-refractivity contribution in [1.29, 1.82) is 0 Å². The molecule has 5 heteroatoms. The minimum Gasteiger partial charge on any atom is -0.349 e. The van der Waals surface area contributed by atoms with E-state index in [9.17, 15) is 9.18 Å². The first-order chi connectivity index (χ1) is 14.6. The summed E-state index contributed by atoms with van der Waals surface area (Å²) in [4.78, 5) is 19.4. The van der Waals surface area contributed by atoms with Gasteiger partial charge in [0.25, 0.3) is 0 Å². The third-order valence-corrected chi connectivity index (χ3v) is 6.66. The summed E-state index contributed by atoms with van der Waals surface area (Å²) in [7, 11) is 0. The monoisotopic (exact) mass is 403 g/mol. The molecular formula is C25H26FN3O. The summed E-state index contributed by atoms with van der Waals surface area (Å²) in [5.41, 5.74) is 2.85. The average Bonchev–Trinajstić information content (AvgIpc) is 2.97. The average molecular weight is 404 g/mol. The van der Waals surface area contributed by atoms with E-state index in [2.05, 4.69) is 27.3 Å². The third-order valence-electron chi connectivity index (χ3n) is 6.66.